The summed E-state index contributed by atoms with van der Waals surface area (Å²) in [6.45, 7) is 4.51. The Hall–Kier alpha value is -2.65. The highest BCUT2D eigenvalue weighted by Crippen LogP contribution is 2.27. The van der Waals surface area contributed by atoms with Crippen LogP contribution in [0.4, 0.5) is 0 Å². The number of hydrogen-bond donors (Lipinski definition) is 1. The van der Waals surface area contributed by atoms with E-state index in [1.807, 2.05) is 13.1 Å². The Bertz CT molecular complexity index is 903. The number of carbonyl (C=O) groups excluding carboxylic acids is 2. The number of ether oxygens (including phenoxy) is 3. The number of carbonyl (C=O) groups is 2. The molecule has 2 amide bonds. The number of rotatable bonds is 8. The Morgan fingerprint density at radius 1 is 1.21 bits per heavy atom. The maximum absolute atomic E-state index is 12.7. The SMILES string of the molecule is COCCNC(=O)C(C)n1cc(C)sc1=NC(=O)c1ccc(OC)c(OC)c1. The summed E-state index contributed by atoms with van der Waals surface area (Å²) in [5.74, 6) is 0.380. The number of nitrogens with zero attached hydrogens (tertiary/aromatic N) is 2. The summed E-state index contributed by atoms with van der Waals surface area (Å²) in [6, 6.07) is 4.34. The second kappa shape index (κ2) is 10.0. The van der Waals surface area contributed by atoms with Crippen molar-refractivity contribution in [2.75, 3.05) is 34.5 Å². The number of nitrogens with one attached hydrogen (secondary N) is 1. The first-order valence-electron chi connectivity index (χ1n) is 8.67. The number of amides is 2. The first kappa shape index (κ1) is 21.6. The molecule has 0 aliphatic rings. The molecule has 152 valence electrons. The van der Waals surface area contributed by atoms with Gasteiger partial charge in [-0.2, -0.15) is 4.99 Å². The predicted molar refractivity (Wildman–Crippen MR) is 106 cm³/mol. The van der Waals surface area contributed by atoms with Crippen molar-refractivity contribution in [3.63, 3.8) is 0 Å². The molecule has 0 bridgehead atoms. The molecule has 0 fully saturated rings. The molecule has 1 N–H and O–H groups in total. The van der Waals surface area contributed by atoms with E-state index in [0.29, 0.717) is 35.0 Å². The Morgan fingerprint density at radius 3 is 2.57 bits per heavy atom. The first-order chi connectivity index (χ1) is 13.4. The van der Waals surface area contributed by atoms with Crippen molar-refractivity contribution in [2.45, 2.75) is 19.9 Å². The van der Waals surface area contributed by atoms with E-state index in [2.05, 4.69) is 10.3 Å². The van der Waals surface area contributed by atoms with Crippen LogP contribution >= 0.6 is 11.3 Å². The van der Waals surface area contributed by atoms with Gasteiger partial charge in [0.1, 0.15) is 6.04 Å². The lowest BCUT2D eigenvalue weighted by molar-refractivity contribution is -0.124. The highest BCUT2D eigenvalue weighted by atomic mass is 32.1. The number of benzene rings is 1. The smallest absolute Gasteiger partial charge is 0.279 e. The molecule has 28 heavy (non-hydrogen) atoms. The van der Waals surface area contributed by atoms with Crippen LogP contribution in [0.2, 0.25) is 0 Å². The van der Waals surface area contributed by atoms with E-state index in [4.69, 9.17) is 14.2 Å². The van der Waals surface area contributed by atoms with Gasteiger partial charge < -0.3 is 24.1 Å². The topological polar surface area (TPSA) is 91.2 Å². The highest BCUT2D eigenvalue weighted by molar-refractivity contribution is 7.09. The van der Waals surface area contributed by atoms with Crippen LogP contribution in [0.1, 0.15) is 28.2 Å². The van der Waals surface area contributed by atoms with E-state index >= 15 is 0 Å². The van der Waals surface area contributed by atoms with Crippen LogP contribution in [0, 0.1) is 6.92 Å². The largest absolute Gasteiger partial charge is 0.493 e. The number of thiazole rings is 1. The van der Waals surface area contributed by atoms with Gasteiger partial charge in [0.05, 0.1) is 20.8 Å². The molecule has 8 nitrogen and oxygen atoms in total. The van der Waals surface area contributed by atoms with Crippen LogP contribution in [-0.2, 0) is 9.53 Å². The van der Waals surface area contributed by atoms with Crippen molar-refractivity contribution in [3.05, 3.63) is 39.6 Å². The van der Waals surface area contributed by atoms with Crippen LogP contribution in [-0.4, -0.2) is 50.9 Å². The molecule has 1 unspecified atom stereocenters. The van der Waals surface area contributed by atoms with Gasteiger partial charge in [-0.3, -0.25) is 9.59 Å². The van der Waals surface area contributed by atoms with Crippen LogP contribution in [0.3, 0.4) is 0 Å². The third-order valence-corrected chi connectivity index (χ3v) is 4.94. The van der Waals surface area contributed by atoms with Gasteiger partial charge in [0.2, 0.25) is 5.91 Å². The van der Waals surface area contributed by atoms with Gasteiger partial charge in [-0.25, -0.2) is 0 Å². The fourth-order valence-electron chi connectivity index (χ4n) is 2.50. The normalized spacial score (nSPS) is 12.5. The van der Waals surface area contributed by atoms with E-state index in [1.54, 1.807) is 36.8 Å². The number of aromatic nitrogens is 1. The van der Waals surface area contributed by atoms with Crippen molar-refractivity contribution in [3.8, 4) is 11.5 Å². The Labute approximate surface area is 167 Å². The zero-order chi connectivity index (χ0) is 20.7. The highest BCUT2D eigenvalue weighted by Gasteiger charge is 2.17. The van der Waals surface area contributed by atoms with Gasteiger partial charge >= 0.3 is 0 Å². The second-order valence-electron chi connectivity index (χ2n) is 5.98. The summed E-state index contributed by atoms with van der Waals surface area (Å²) < 4.78 is 17.1. The van der Waals surface area contributed by atoms with E-state index in [0.717, 1.165) is 4.88 Å². The second-order valence-corrected chi connectivity index (χ2v) is 7.19. The zero-order valence-corrected chi connectivity index (χ0v) is 17.5. The lowest BCUT2D eigenvalue weighted by Crippen LogP contribution is -2.36. The summed E-state index contributed by atoms with van der Waals surface area (Å²) in [4.78, 5) is 30.6. The predicted octanol–water partition coefficient (Wildman–Crippen LogP) is 1.94. The average molecular weight is 407 g/mol. The van der Waals surface area contributed by atoms with Gasteiger partial charge in [-0.05, 0) is 32.0 Å². The molecular formula is C19H25N3O5S. The molecule has 1 heterocycles. The van der Waals surface area contributed by atoms with Gasteiger partial charge in [0, 0.05) is 30.3 Å². The van der Waals surface area contributed by atoms with E-state index in [-0.39, 0.29) is 5.91 Å². The van der Waals surface area contributed by atoms with Crippen LogP contribution in [0.15, 0.2) is 29.4 Å². The van der Waals surface area contributed by atoms with Gasteiger partial charge in [-0.1, -0.05) is 0 Å². The molecule has 2 aromatic rings. The summed E-state index contributed by atoms with van der Waals surface area (Å²) in [7, 11) is 4.60. The van der Waals surface area contributed by atoms with Crippen molar-refractivity contribution in [1.29, 1.82) is 0 Å². The van der Waals surface area contributed by atoms with E-state index < -0.39 is 11.9 Å². The molecule has 9 heteroatoms. The van der Waals surface area contributed by atoms with Gasteiger partial charge in [0.25, 0.3) is 5.91 Å². The molecule has 0 saturated heterocycles. The van der Waals surface area contributed by atoms with Crippen LogP contribution in [0.25, 0.3) is 0 Å². The van der Waals surface area contributed by atoms with E-state index in [9.17, 15) is 9.59 Å². The third kappa shape index (κ3) is 5.20. The quantitative estimate of drug-likeness (QED) is 0.676. The van der Waals surface area contributed by atoms with Crippen molar-refractivity contribution < 1.29 is 23.8 Å². The van der Waals surface area contributed by atoms with Crippen molar-refractivity contribution in [1.82, 2.24) is 9.88 Å². The molecule has 0 radical (unpaired) electrons. The summed E-state index contributed by atoms with van der Waals surface area (Å²) in [6.07, 6.45) is 1.81. The van der Waals surface area contributed by atoms with Crippen LogP contribution in [0.5, 0.6) is 11.5 Å². The van der Waals surface area contributed by atoms with E-state index in [1.165, 1.54) is 25.6 Å². The Morgan fingerprint density at radius 2 is 1.93 bits per heavy atom. The molecule has 1 aromatic carbocycles. The molecule has 0 aliphatic heterocycles. The number of aryl methyl sites for hydroxylation is 1. The Balaban J connectivity index is 2.31. The molecule has 0 spiro atoms. The van der Waals surface area contributed by atoms with Gasteiger partial charge in [0.15, 0.2) is 16.3 Å². The fraction of sp³-hybridized carbons (Fsp3) is 0.421. The van der Waals surface area contributed by atoms with Gasteiger partial charge in [-0.15, -0.1) is 11.3 Å². The monoisotopic (exact) mass is 407 g/mol. The van der Waals surface area contributed by atoms with Crippen LogP contribution < -0.4 is 19.6 Å². The third-order valence-electron chi connectivity index (χ3n) is 4.02. The average Bonchev–Trinajstić information content (AvgIpc) is 3.06. The number of methoxy groups -OCH3 is 3. The zero-order valence-electron chi connectivity index (χ0n) is 16.6. The molecule has 0 aliphatic carbocycles. The molecule has 1 aromatic heterocycles. The first-order valence-corrected chi connectivity index (χ1v) is 9.49. The molecular weight excluding hydrogens is 382 g/mol. The summed E-state index contributed by atoms with van der Waals surface area (Å²) in [5, 5.41) is 2.79. The molecule has 2 rings (SSSR count). The van der Waals surface area contributed by atoms with Crippen molar-refractivity contribution >= 4 is 23.2 Å². The minimum absolute atomic E-state index is 0.171. The van der Waals surface area contributed by atoms with Crippen molar-refractivity contribution in [2.24, 2.45) is 4.99 Å². The Kier molecular flexibility index (Phi) is 7.77. The maximum atomic E-state index is 12.7. The minimum atomic E-state index is -0.515. The maximum Gasteiger partial charge on any atom is 0.279 e. The lowest BCUT2D eigenvalue weighted by Gasteiger charge is -2.13. The minimum Gasteiger partial charge on any atom is -0.493 e. The summed E-state index contributed by atoms with van der Waals surface area (Å²) in [5.41, 5.74) is 0.368. The standard InChI is InChI=1S/C19H25N3O5S/c1-12-11-22(13(2)17(23)20-8-9-25-3)19(28-12)21-18(24)14-6-7-15(26-4)16(10-14)27-5/h6-7,10-11,13H,8-9H2,1-5H3,(H,20,23). The molecule has 0 saturated carbocycles. The number of hydrogen-bond acceptors (Lipinski definition) is 6. The fourth-order valence-corrected chi connectivity index (χ4v) is 3.40. The lowest BCUT2D eigenvalue weighted by atomic mass is 10.2. The molecule has 1 atom stereocenters. The summed E-state index contributed by atoms with van der Waals surface area (Å²) >= 11 is 1.34.